The van der Waals surface area contributed by atoms with Crippen LogP contribution in [-0.4, -0.2) is 11.3 Å². The quantitative estimate of drug-likeness (QED) is 0.281. The summed E-state index contributed by atoms with van der Waals surface area (Å²) in [6, 6.07) is 4.13. The molecule has 1 aromatic rings. The van der Waals surface area contributed by atoms with E-state index >= 15 is 0 Å². The van der Waals surface area contributed by atoms with Gasteiger partial charge in [0, 0.05) is 18.8 Å². The van der Waals surface area contributed by atoms with Crippen molar-refractivity contribution in [3.8, 4) is 0 Å². The number of hydrogen-bond donors (Lipinski definition) is 0. The molecular weight excluding hydrogens is 258 g/mol. The molecule has 1 rings (SSSR count). The molecule has 0 aliphatic carbocycles. The molecule has 0 radical (unpaired) electrons. The van der Waals surface area contributed by atoms with Gasteiger partial charge in [-0.25, -0.2) is 0 Å². The Balaban J connectivity index is 1.83. The van der Waals surface area contributed by atoms with Crippen molar-refractivity contribution in [1.29, 1.82) is 0 Å². The lowest BCUT2D eigenvalue weighted by molar-refractivity contribution is -0.107. The Hall–Kier alpha value is -1.44. The van der Waals surface area contributed by atoms with E-state index in [1.54, 1.807) is 0 Å². The topological polar surface area (TPSA) is 30.0 Å². The van der Waals surface area contributed by atoms with Crippen LogP contribution in [0.1, 0.15) is 69.8 Å². The standard InChI is InChI=1S/C19H29NO/c21-17-12-10-8-6-4-2-1-3-5-7-9-11-14-19-15-13-16-20-18-19/h7,9,13,15-18H,1-6,8,10-12,14H2/b9-7-. The van der Waals surface area contributed by atoms with E-state index < -0.39 is 0 Å². The van der Waals surface area contributed by atoms with Gasteiger partial charge in [0.05, 0.1) is 0 Å². The van der Waals surface area contributed by atoms with Crippen LogP contribution in [0.2, 0.25) is 0 Å². The Bertz CT molecular complexity index is 372. The first-order valence-corrected chi connectivity index (χ1v) is 8.41. The zero-order valence-corrected chi connectivity index (χ0v) is 13.2. The summed E-state index contributed by atoms with van der Waals surface area (Å²) in [6.07, 6.45) is 22.4. The Kier molecular flexibility index (Phi) is 11.4. The molecular formula is C19H29NO. The van der Waals surface area contributed by atoms with Gasteiger partial charge in [-0.1, -0.05) is 50.3 Å². The first kappa shape index (κ1) is 17.6. The normalized spacial score (nSPS) is 11.0. The number of aldehydes is 1. The van der Waals surface area contributed by atoms with E-state index in [0.29, 0.717) is 0 Å². The van der Waals surface area contributed by atoms with Gasteiger partial charge in [0.25, 0.3) is 0 Å². The Morgan fingerprint density at radius 1 is 0.857 bits per heavy atom. The highest BCUT2D eigenvalue weighted by Crippen LogP contribution is 2.10. The average Bonchev–Trinajstić information content (AvgIpc) is 2.53. The van der Waals surface area contributed by atoms with Crippen molar-refractivity contribution in [3.05, 3.63) is 42.2 Å². The maximum atomic E-state index is 10.2. The van der Waals surface area contributed by atoms with E-state index in [4.69, 9.17) is 0 Å². The van der Waals surface area contributed by atoms with Crippen LogP contribution < -0.4 is 0 Å². The number of aromatic nitrogens is 1. The van der Waals surface area contributed by atoms with Crippen molar-refractivity contribution in [2.75, 3.05) is 0 Å². The zero-order chi connectivity index (χ0) is 15.0. The largest absolute Gasteiger partial charge is 0.303 e. The predicted molar refractivity (Wildman–Crippen MR) is 89.3 cm³/mol. The van der Waals surface area contributed by atoms with E-state index in [0.717, 1.165) is 32.0 Å². The lowest BCUT2D eigenvalue weighted by atomic mass is 10.1. The van der Waals surface area contributed by atoms with Crippen molar-refractivity contribution < 1.29 is 4.79 Å². The third-order valence-electron chi connectivity index (χ3n) is 3.68. The Labute approximate surface area is 129 Å². The maximum Gasteiger partial charge on any atom is 0.119 e. The summed E-state index contributed by atoms with van der Waals surface area (Å²) in [4.78, 5) is 14.3. The van der Waals surface area contributed by atoms with Gasteiger partial charge in [0.2, 0.25) is 0 Å². The van der Waals surface area contributed by atoms with Crippen LogP contribution in [0.4, 0.5) is 0 Å². The van der Waals surface area contributed by atoms with Gasteiger partial charge in [-0.05, 0) is 43.7 Å². The second kappa shape index (κ2) is 13.5. The summed E-state index contributed by atoms with van der Waals surface area (Å²) in [5.74, 6) is 0. The summed E-state index contributed by atoms with van der Waals surface area (Å²) in [5, 5.41) is 0. The molecule has 0 saturated carbocycles. The molecule has 0 aromatic carbocycles. The SMILES string of the molecule is O=CCCCCCCCCC/C=C\CCc1cccnc1. The third kappa shape index (κ3) is 10.9. The van der Waals surface area contributed by atoms with Crippen LogP contribution in [0, 0.1) is 0 Å². The molecule has 21 heavy (non-hydrogen) atoms. The van der Waals surface area contributed by atoms with Crippen molar-refractivity contribution in [1.82, 2.24) is 4.98 Å². The number of allylic oxidation sites excluding steroid dienone is 2. The highest BCUT2D eigenvalue weighted by molar-refractivity contribution is 5.48. The van der Waals surface area contributed by atoms with E-state index in [1.807, 2.05) is 18.5 Å². The summed E-state index contributed by atoms with van der Waals surface area (Å²) >= 11 is 0. The summed E-state index contributed by atoms with van der Waals surface area (Å²) < 4.78 is 0. The first-order chi connectivity index (χ1) is 10.4. The molecule has 0 N–H and O–H groups in total. The third-order valence-corrected chi connectivity index (χ3v) is 3.68. The van der Waals surface area contributed by atoms with Crippen LogP contribution in [0.25, 0.3) is 0 Å². The maximum absolute atomic E-state index is 10.2. The van der Waals surface area contributed by atoms with E-state index in [1.165, 1.54) is 50.5 Å². The minimum atomic E-state index is 0.740. The highest BCUT2D eigenvalue weighted by atomic mass is 16.1. The number of carbonyl (C=O) groups is 1. The summed E-state index contributed by atoms with van der Waals surface area (Å²) in [5.41, 5.74) is 1.32. The molecule has 0 amide bonds. The fourth-order valence-electron chi connectivity index (χ4n) is 2.41. The van der Waals surface area contributed by atoms with Crippen LogP contribution in [-0.2, 0) is 11.2 Å². The number of unbranched alkanes of at least 4 members (excludes halogenated alkanes) is 8. The first-order valence-electron chi connectivity index (χ1n) is 8.41. The molecule has 0 fully saturated rings. The molecule has 0 saturated heterocycles. The monoisotopic (exact) mass is 287 g/mol. The molecule has 0 atom stereocenters. The molecule has 1 heterocycles. The van der Waals surface area contributed by atoms with Crippen molar-refractivity contribution >= 4 is 6.29 Å². The molecule has 0 spiro atoms. The molecule has 0 bridgehead atoms. The number of rotatable bonds is 13. The molecule has 0 aliphatic heterocycles. The predicted octanol–water partition coefficient (Wildman–Crippen LogP) is 5.28. The van der Waals surface area contributed by atoms with E-state index in [-0.39, 0.29) is 0 Å². The van der Waals surface area contributed by atoms with E-state index in [2.05, 4.69) is 23.2 Å². The van der Waals surface area contributed by atoms with Gasteiger partial charge in [-0.2, -0.15) is 0 Å². The van der Waals surface area contributed by atoms with Crippen LogP contribution in [0.15, 0.2) is 36.7 Å². The van der Waals surface area contributed by atoms with E-state index in [9.17, 15) is 4.79 Å². The van der Waals surface area contributed by atoms with Crippen molar-refractivity contribution in [2.45, 2.75) is 70.6 Å². The second-order valence-electron chi connectivity index (χ2n) is 5.59. The number of hydrogen-bond acceptors (Lipinski definition) is 2. The van der Waals surface area contributed by atoms with Crippen LogP contribution in [0.5, 0.6) is 0 Å². The van der Waals surface area contributed by atoms with Gasteiger partial charge in [0.1, 0.15) is 6.29 Å². The lowest BCUT2D eigenvalue weighted by Gasteiger charge is -1.99. The number of pyridine rings is 1. The number of carbonyl (C=O) groups excluding carboxylic acids is 1. The lowest BCUT2D eigenvalue weighted by Crippen LogP contribution is -1.83. The summed E-state index contributed by atoms with van der Waals surface area (Å²) in [6.45, 7) is 0. The molecule has 0 unspecified atom stereocenters. The zero-order valence-electron chi connectivity index (χ0n) is 13.2. The molecule has 116 valence electrons. The van der Waals surface area contributed by atoms with Crippen LogP contribution in [0.3, 0.4) is 0 Å². The number of nitrogens with zero attached hydrogens (tertiary/aromatic N) is 1. The minimum absolute atomic E-state index is 0.740. The van der Waals surface area contributed by atoms with Gasteiger partial charge in [-0.3, -0.25) is 4.98 Å². The molecule has 2 heteroatoms. The van der Waals surface area contributed by atoms with Gasteiger partial charge in [-0.15, -0.1) is 0 Å². The number of aryl methyl sites for hydroxylation is 1. The Morgan fingerprint density at radius 3 is 2.19 bits per heavy atom. The molecule has 0 aliphatic rings. The summed E-state index contributed by atoms with van der Waals surface area (Å²) in [7, 11) is 0. The molecule has 2 nitrogen and oxygen atoms in total. The smallest absolute Gasteiger partial charge is 0.119 e. The Morgan fingerprint density at radius 2 is 1.52 bits per heavy atom. The van der Waals surface area contributed by atoms with Crippen molar-refractivity contribution in [2.24, 2.45) is 0 Å². The minimum Gasteiger partial charge on any atom is -0.303 e. The highest BCUT2D eigenvalue weighted by Gasteiger charge is 1.92. The molecule has 1 aromatic heterocycles. The average molecular weight is 287 g/mol. The van der Waals surface area contributed by atoms with Crippen LogP contribution >= 0.6 is 0 Å². The van der Waals surface area contributed by atoms with Gasteiger partial charge in [0.15, 0.2) is 0 Å². The van der Waals surface area contributed by atoms with Gasteiger partial charge < -0.3 is 4.79 Å². The van der Waals surface area contributed by atoms with Crippen molar-refractivity contribution in [3.63, 3.8) is 0 Å². The fraction of sp³-hybridized carbons (Fsp3) is 0.579. The second-order valence-corrected chi connectivity index (χ2v) is 5.59. The fourth-order valence-corrected chi connectivity index (χ4v) is 2.41. The van der Waals surface area contributed by atoms with Gasteiger partial charge >= 0.3 is 0 Å².